The number of ether oxygens (including phenoxy) is 1. The van der Waals surface area contributed by atoms with Gasteiger partial charge in [-0.15, -0.1) is 0 Å². The van der Waals surface area contributed by atoms with Gasteiger partial charge >= 0.3 is 5.97 Å². The Kier molecular flexibility index (Phi) is 4.17. The summed E-state index contributed by atoms with van der Waals surface area (Å²) in [6.07, 6.45) is -1.10. The summed E-state index contributed by atoms with van der Waals surface area (Å²) in [5.74, 6) is -1.14. The summed E-state index contributed by atoms with van der Waals surface area (Å²) in [5, 5.41) is 19.6. The number of benzene rings is 1. The van der Waals surface area contributed by atoms with Crippen molar-refractivity contribution in [2.45, 2.75) is 19.4 Å². The van der Waals surface area contributed by atoms with Gasteiger partial charge in [0.2, 0.25) is 0 Å². The number of carbonyl (C=O) groups is 1. The van der Waals surface area contributed by atoms with Gasteiger partial charge in [-0.3, -0.25) is 10.1 Å². The summed E-state index contributed by atoms with van der Waals surface area (Å²) in [6, 6.07) is 4.59. The predicted molar refractivity (Wildman–Crippen MR) is 60.0 cm³/mol. The maximum atomic E-state index is 10.8. The summed E-state index contributed by atoms with van der Waals surface area (Å²) in [5.41, 5.74) is 1.12. The number of carboxylic acid groups (broad SMARTS) is 1. The van der Waals surface area contributed by atoms with E-state index in [0.29, 0.717) is 5.56 Å². The summed E-state index contributed by atoms with van der Waals surface area (Å²) in [7, 11) is 1.26. The van der Waals surface area contributed by atoms with Crippen molar-refractivity contribution in [2.24, 2.45) is 0 Å². The van der Waals surface area contributed by atoms with E-state index in [4.69, 9.17) is 9.84 Å². The molecule has 1 atom stereocenters. The zero-order valence-corrected chi connectivity index (χ0v) is 9.54. The molecule has 0 saturated carbocycles. The Bertz CT molecular complexity index is 443. The summed E-state index contributed by atoms with van der Waals surface area (Å²) >= 11 is 0. The number of nitrogens with zero attached hydrogens (tertiary/aromatic N) is 1. The van der Waals surface area contributed by atoms with E-state index < -0.39 is 17.0 Å². The molecule has 0 spiro atoms. The van der Waals surface area contributed by atoms with Gasteiger partial charge in [-0.25, -0.2) is 4.79 Å². The van der Waals surface area contributed by atoms with E-state index >= 15 is 0 Å². The van der Waals surface area contributed by atoms with Crippen molar-refractivity contribution in [1.29, 1.82) is 0 Å². The van der Waals surface area contributed by atoms with Gasteiger partial charge in [0.05, 0.1) is 4.92 Å². The fourth-order valence-electron chi connectivity index (χ4n) is 1.53. The lowest BCUT2D eigenvalue weighted by molar-refractivity contribution is -0.385. The summed E-state index contributed by atoms with van der Waals surface area (Å²) in [4.78, 5) is 21.1. The number of hydrogen-bond acceptors (Lipinski definition) is 4. The highest BCUT2D eigenvalue weighted by atomic mass is 16.6. The highest BCUT2D eigenvalue weighted by Crippen LogP contribution is 2.21. The molecule has 0 aliphatic carbocycles. The first-order chi connectivity index (χ1) is 7.95. The third-order valence-corrected chi connectivity index (χ3v) is 2.40. The van der Waals surface area contributed by atoms with Crippen molar-refractivity contribution >= 4 is 11.7 Å². The van der Waals surface area contributed by atoms with Crippen molar-refractivity contribution in [3.05, 3.63) is 39.4 Å². The van der Waals surface area contributed by atoms with E-state index in [1.165, 1.54) is 13.2 Å². The Morgan fingerprint density at radius 1 is 1.59 bits per heavy atom. The smallest absolute Gasteiger partial charge is 0.333 e. The molecular weight excluding hydrogens is 226 g/mol. The molecule has 1 rings (SSSR count). The van der Waals surface area contributed by atoms with Crippen LogP contribution >= 0.6 is 0 Å². The van der Waals surface area contributed by atoms with Crippen LogP contribution in [0, 0.1) is 17.0 Å². The second kappa shape index (κ2) is 5.40. The average Bonchev–Trinajstić information content (AvgIpc) is 2.25. The van der Waals surface area contributed by atoms with E-state index in [2.05, 4.69) is 0 Å². The van der Waals surface area contributed by atoms with Gasteiger partial charge in [-0.2, -0.15) is 0 Å². The molecule has 0 radical (unpaired) electrons. The molecule has 17 heavy (non-hydrogen) atoms. The molecule has 0 fully saturated rings. The number of hydrogen-bond donors (Lipinski definition) is 1. The lowest BCUT2D eigenvalue weighted by Gasteiger charge is -2.10. The zero-order chi connectivity index (χ0) is 13.0. The van der Waals surface area contributed by atoms with Gasteiger partial charge in [-0.1, -0.05) is 11.6 Å². The van der Waals surface area contributed by atoms with Crippen LogP contribution in [0.2, 0.25) is 0 Å². The average molecular weight is 239 g/mol. The van der Waals surface area contributed by atoms with Crippen LogP contribution in [0.5, 0.6) is 0 Å². The van der Waals surface area contributed by atoms with Gasteiger partial charge in [-0.05, 0) is 13.0 Å². The molecule has 0 saturated heterocycles. The number of aryl methyl sites for hydroxylation is 1. The largest absolute Gasteiger partial charge is 0.479 e. The van der Waals surface area contributed by atoms with Gasteiger partial charge in [0.15, 0.2) is 6.10 Å². The first-order valence-corrected chi connectivity index (χ1v) is 4.95. The first-order valence-electron chi connectivity index (χ1n) is 4.95. The topological polar surface area (TPSA) is 89.7 Å². The minimum atomic E-state index is -1.14. The van der Waals surface area contributed by atoms with E-state index in [-0.39, 0.29) is 12.1 Å². The summed E-state index contributed by atoms with van der Waals surface area (Å²) in [6.45, 7) is 1.79. The van der Waals surface area contributed by atoms with Crippen molar-refractivity contribution in [3.8, 4) is 0 Å². The number of methoxy groups -OCH3 is 1. The minimum Gasteiger partial charge on any atom is -0.479 e. The van der Waals surface area contributed by atoms with Gasteiger partial charge in [0.1, 0.15) is 0 Å². The molecule has 1 unspecified atom stereocenters. The van der Waals surface area contributed by atoms with Gasteiger partial charge in [0.25, 0.3) is 5.69 Å². The Morgan fingerprint density at radius 2 is 2.24 bits per heavy atom. The van der Waals surface area contributed by atoms with Crippen LogP contribution in [0.1, 0.15) is 11.1 Å². The number of rotatable bonds is 5. The predicted octanol–water partition coefficient (Wildman–Crippen LogP) is 1.55. The first kappa shape index (κ1) is 13.1. The van der Waals surface area contributed by atoms with Crippen LogP contribution in [0.25, 0.3) is 0 Å². The number of carboxylic acids is 1. The maximum absolute atomic E-state index is 10.8. The van der Waals surface area contributed by atoms with Crippen molar-refractivity contribution < 1.29 is 19.6 Å². The van der Waals surface area contributed by atoms with Crippen LogP contribution in [0.15, 0.2) is 18.2 Å². The molecule has 6 nitrogen and oxygen atoms in total. The molecule has 6 heteroatoms. The van der Waals surface area contributed by atoms with Crippen molar-refractivity contribution in [2.75, 3.05) is 7.11 Å². The number of aliphatic carboxylic acids is 1. The normalized spacial score (nSPS) is 12.1. The number of nitro benzene ring substituents is 1. The SMILES string of the molecule is COC(Cc1cc(C)ccc1[N+](=O)[O-])C(=O)O. The highest BCUT2D eigenvalue weighted by molar-refractivity contribution is 5.73. The fraction of sp³-hybridized carbons (Fsp3) is 0.364. The summed E-state index contributed by atoms with van der Waals surface area (Å²) < 4.78 is 4.77. The maximum Gasteiger partial charge on any atom is 0.333 e. The van der Waals surface area contributed by atoms with Crippen LogP contribution in [0.4, 0.5) is 5.69 Å². The van der Waals surface area contributed by atoms with E-state index in [1.54, 1.807) is 19.1 Å². The molecule has 1 N–H and O–H groups in total. The van der Waals surface area contributed by atoms with Gasteiger partial charge < -0.3 is 9.84 Å². The molecule has 0 bridgehead atoms. The Hall–Kier alpha value is -1.95. The lowest BCUT2D eigenvalue weighted by Crippen LogP contribution is -2.25. The highest BCUT2D eigenvalue weighted by Gasteiger charge is 2.22. The van der Waals surface area contributed by atoms with E-state index in [1.807, 2.05) is 0 Å². The van der Waals surface area contributed by atoms with Crippen LogP contribution in [-0.2, 0) is 16.0 Å². The third-order valence-electron chi connectivity index (χ3n) is 2.40. The molecule has 0 aromatic heterocycles. The van der Waals surface area contributed by atoms with Crippen LogP contribution in [0.3, 0.4) is 0 Å². The van der Waals surface area contributed by atoms with Crippen LogP contribution < -0.4 is 0 Å². The second-order valence-electron chi connectivity index (χ2n) is 3.66. The monoisotopic (exact) mass is 239 g/mol. The van der Waals surface area contributed by atoms with Crippen LogP contribution in [-0.4, -0.2) is 29.2 Å². The molecule has 0 aliphatic heterocycles. The molecule has 0 aliphatic rings. The lowest BCUT2D eigenvalue weighted by atomic mass is 10.0. The molecule has 0 heterocycles. The Labute approximate surface area is 98.0 Å². The minimum absolute atomic E-state index is 0.0240. The molecule has 1 aromatic rings. The zero-order valence-electron chi connectivity index (χ0n) is 9.54. The standard InChI is InChI=1S/C11H13NO5/c1-7-3-4-9(12(15)16)8(5-7)6-10(17-2)11(13)14/h3-5,10H,6H2,1-2H3,(H,13,14). The fourth-order valence-corrected chi connectivity index (χ4v) is 1.53. The molecule has 0 amide bonds. The van der Waals surface area contributed by atoms with Crippen molar-refractivity contribution in [3.63, 3.8) is 0 Å². The quantitative estimate of drug-likeness (QED) is 0.621. The van der Waals surface area contributed by atoms with Crippen molar-refractivity contribution in [1.82, 2.24) is 0 Å². The molecule has 1 aromatic carbocycles. The second-order valence-corrected chi connectivity index (χ2v) is 3.66. The Balaban J connectivity index is 3.07. The van der Waals surface area contributed by atoms with E-state index in [0.717, 1.165) is 5.56 Å². The molecular formula is C11H13NO5. The third kappa shape index (κ3) is 3.25. The molecule has 92 valence electrons. The van der Waals surface area contributed by atoms with Gasteiger partial charge in [0, 0.05) is 25.2 Å². The number of nitro groups is 1. The van der Waals surface area contributed by atoms with E-state index in [9.17, 15) is 14.9 Å². The Morgan fingerprint density at radius 3 is 2.71 bits per heavy atom.